The summed E-state index contributed by atoms with van der Waals surface area (Å²) in [5.41, 5.74) is -0.112. The van der Waals surface area contributed by atoms with E-state index in [-0.39, 0.29) is 5.67 Å². The van der Waals surface area contributed by atoms with Gasteiger partial charge in [-0.2, -0.15) is 0 Å². The number of unbranched alkanes of at least 4 members (excludes halogenated alkanes) is 2. The molecule has 0 spiro atoms. The zero-order chi connectivity index (χ0) is 12.6. The van der Waals surface area contributed by atoms with E-state index in [9.17, 15) is 4.79 Å². The average Bonchev–Trinajstić information content (AvgIpc) is 2.27. The molecule has 0 aliphatic heterocycles. The summed E-state index contributed by atoms with van der Waals surface area (Å²) in [6.45, 7) is 2.12. The van der Waals surface area contributed by atoms with Gasteiger partial charge >= 0.3 is 15.4 Å². The molecule has 0 bridgehead atoms. The lowest BCUT2D eigenvalue weighted by molar-refractivity contribution is 0.135. The molecule has 96 valence electrons. The molecular formula is C10H23NO4Si. The van der Waals surface area contributed by atoms with Crippen LogP contribution in [0.2, 0.25) is 0 Å². The van der Waals surface area contributed by atoms with Crippen LogP contribution in [0.3, 0.4) is 0 Å². The highest BCUT2D eigenvalue weighted by Crippen LogP contribution is 2.13. The van der Waals surface area contributed by atoms with Crippen LogP contribution < -0.4 is 0 Å². The third kappa shape index (κ3) is 4.96. The summed E-state index contributed by atoms with van der Waals surface area (Å²) in [4.78, 5) is 12.3. The Hall–Kier alpha value is -0.593. The van der Waals surface area contributed by atoms with Gasteiger partial charge in [0.25, 0.3) is 0 Å². The molecule has 0 aromatic carbocycles. The summed E-state index contributed by atoms with van der Waals surface area (Å²) in [7, 11) is 2.83. The van der Waals surface area contributed by atoms with Crippen LogP contribution in [0.4, 0.5) is 4.79 Å². The summed E-state index contributed by atoms with van der Waals surface area (Å²) in [5.74, 6) is 0. The van der Waals surface area contributed by atoms with Crippen molar-refractivity contribution in [2.75, 3.05) is 21.3 Å². The van der Waals surface area contributed by atoms with Gasteiger partial charge in [0.15, 0.2) is 0 Å². The predicted octanol–water partition coefficient (Wildman–Crippen LogP) is 1.60. The van der Waals surface area contributed by atoms with Crippen molar-refractivity contribution in [2.45, 2.75) is 38.3 Å². The van der Waals surface area contributed by atoms with Crippen LogP contribution in [-0.4, -0.2) is 52.3 Å². The number of nitrogens with zero attached hydrogens (tertiary/aromatic N) is 1. The van der Waals surface area contributed by atoms with Gasteiger partial charge in [-0.25, -0.2) is 4.79 Å². The van der Waals surface area contributed by atoms with Crippen LogP contribution in [-0.2, 0) is 8.85 Å². The van der Waals surface area contributed by atoms with E-state index >= 15 is 0 Å². The second-order valence-electron chi connectivity index (χ2n) is 3.80. The van der Waals surface area contributed by atoms with Crippen LogP contribution in [0.5, 0.6) is 0 Å². The van der Waals surface area contributed by atoms with Crippen molar-refractivity contribution < 1.29 is 18.8 Å². The van der Waals surface area contributed by atoms with Crippen molar-refractivity contribution in [2.24, 2.45) is 0 Å². The van der Waals surface area contributed by atoms with Gasteiger partial charge < -0.3 is 18.9 Å². The third-order valence-corrected chi connectivity index (χ3v) is 5.02. The SMILES string of the molecule is CCCCCC(N(C)C(=O)O)[SiH](OC)OC. The lowest BCUT2D eigenvalue weighted by atomic mass is 10.2. The molecule has 0 aliphatic carbocycles. The fourth-order valence-corrected chi connectivity index (χ4v) is 3.49. The molecule has 0 radical (unpaired) electrons. The highest BCUT2D eigenvalue weighted by atomic mass is 28.3. The molecule has 1 atom stereocenters. The Balaban J connectivity index is 4.41. The normalized spacial score (nSPS) is 12.8. The van der Waals surface area contributed by atoms with E-state index in [2.05, 4.69) is 6.92 Å². The Morgan fingerprint density at radius 3 is 2.31 bits per heavy atom. The lowest BCUT2D eigenvalue weighted by Gasteiger charge is -2.29. The summed E-state index contributed by atoms with van der Waals surface area (Å²) in [6, 6.07) is 0. The first-order valence-corrected chi connectivity index (χ1v) is 7.20. The topological polar surface area (TPSA) is 59.0 Å². The molecule has 5 nitrogen and oxygen atoms in total. The Morgan fingerprint density at radius 1 is 1.38 bits per heavy atom. The van der Waals surface area contributed by atoms with Gasteiger partial charge in [-0.05, 0) is 6.42 Å². The minimum atomic E-state index is -1.92. The molecule has 0 fully saturated rings. The number of carbonyl (C=O) groups is 1. The van der Waals surface area contributed by atoms with Crippen LogP contribution in [0.25, 0.3) is 0 Å². The molecule has 0 aliphatic rings. The fraction of sp³-hybridized carbons (Fsp3) is 0.900. The molecule has 1 N–H and O–H groups in total. The summed E-state index contributed by atoms with van der Waals surface area (Å²) < 4.78 is 10.6. The first-order chi connectivity index (χ1) is 7.58. The van der Waals surface area contributed by atoms with E-state index in [1.54, 1.807) is 21.3 Å². The van der Waals surface area contributed by atoms with Gasteiger partial charge in [0.2, 0.25) is 0 Å². The van der Waals surface area contributed by atoms with Gasteiger partial charge in [0.05, 0.1) is 5.67 Å². The van der Waals surface area contributed by atoms with Crippen molar-refractivity contribution in [1.82, 2.24) is 4.90 Å². The second-order valence-corrected chi connectivity index (χ2v) is 6.25. The van der Waals surface area contributed by atoms with Crippen molar-refractivity contribution in [3.8, 4) is 0 Å². The van der Waals surface area contributed by atoms with Crippen molar-refractivity contribution in [3.63, 3.8) is 0 Å². The zero-order valence-electron chi connectivity index (χ0n) is 10.6. The molecule has 0 aromatic heterocycles. The van der Waals surface area contributed by atoms with Gasteiger partial charge in [-0.1, -0.05) is 26.2 Å². The minimum absolute atomic E-state index is 0.112. The fourth-order valence-electron chi connectivity index (χ4n) is 1.67. The molecule has 16 heavy (non-hydrogen) atoms. The molecule has 0 saturated heterocycles. The summed E-state index contributed by atoms with van der Waals surface area (Å²) in [5, 5.41) is 8.99. The van der Waals surface area contributed by atoms with Gasteiger partial charge in [-0.3, -0.25) is 0 Å². The van der Waals surface area contributed by atoms with E-state index in [1.807, 2.05) is 0 Å². The number of hydrogen-bond acceptors (Lipinski definition) is 3. The van der Waals surface area contributed by atoms with Gasteiger partial charge in [0.1, 0.15) is 0 Å². The Kier molecular flexibility index (Phi) is 8.23. The number of amides is 1. The molecule has 6 heteroatoms. The maximum Gasteiger partial charge on any atom is 0.407 e. The minimum Gasteiger partial charge on any atom is -0.465 e. The molecule has 1 unspecified atom stereocenters. The molecular weight excluding hydrogens is 226 g/mol. The van der Waals surface area contributed by atoms with E-state index in [4.69, 9.17) is 14.0 Å². The monoisotopic (exact) mass is 249 g/mol. The highest BCUT2D eigenvalue weighted by Gasteiger charge is 2.30. The summed E-state index contributed by atoms with van der Waals surface area (Å²) in [6.07, 6.45) is 3.13. The van der Waals surface area contributed by atoms with E-state index in [0.717, 1.165) is 25.7 Å². The van der Waals surface area contributed by atoms with Crippen molar-refractivity contribution in [3.05, 3.63) is 0 Å². The largest absolute Gasteiger partial charge is 0.465 e. The van der Waals surface area contributed by atoms with Crippen LogP contribution in [0, 0.1) is 0 Å². The average molecular weight is 249 g/mol. The summed E-state index contributed by atoms with van der Waals surface area (Å²) >= 11 is 0. The van der Waals surface area contributed by atoms with E-state index in [0.29, 0.717) is 0 Å². The number of rotatable bonds is 8. The van der Waals surface area contributed by atoms with Crippen molar-refractivity contribution >= 4 is 15.4 Å². The van der Waals surface area contributed by atoms with Gasteiger partial charge in [0, 0.05) is 21.3 Å². The molecule has 0 heterocycles. The van der Waals surface area contributed by atoms with Crippen LogP contribution >= 0.6 is 0 Å². The van der Waals surface area contributed by atoms with E-state index < -0.39 is 15.4 Å². The van der Waals surface area contributed by atoms with Crippen molar-refractivity contribution in [1.29, 1.82) is 0 Å². The van der Waals surface area contributed by atoms with Crippen LogP contribution in [0.1, 0.15) is 32.6 Å². The number of hydrogen-bond donors (Lipinski definition) is 1. The Morgan fingerprint density at radius 2 is 1.94 bits per heavy atom. The molecule has 0 saturated carbocycles. The third-order valence-electron chi connectivity index (χ3n) is 2.68. The van der Waals surface area contributed by atoms with E-state index in [1.165, 1.54) is 4.90 Å². The quantitative estimate of drug-likeness (QED) is 0.524. The maximum absolute atomic E-state index is 10.9. The maximum atomic E-state index is 10.9. The predicted molar refractivity (Wildman–Crippen MR) is 64.9 cm³/mol. The number of carboxylic acid groups (broad SMARTS) is 1. The molecule has 0 rings (SSSR count). The Bertz CT molecular complexity index is 199. The first-order valence-electron chi connectivity index (χ1n) is 5.59. The molecule has 1 amide bonds. The highest BCUT2D eigenvalue weighted by molar-refractivity contribution is 6.46. The smallest absolute Gasteiger partial charge is 0.407 e. The lowest BCUT2D eigenvalue weighted by Crippen LogP contribution is -2.49. The van der Waals surface area contributed by atoms with Crippen LogP contribution in [0.15, 0.2) is 0 Å². The zero-order valence-corrected chi connectivity index (χ0v) is 11.8. The Labute approximate surface area is 99.2 Å². The van der Waals surface area contributed by atoms with Gasteiger partial charge in [-0.15, -0.1) is 0 Å². The first kappa shape index (κ1) is 15.4. The second kappa shape index (κ2) is 8.55. The molecule has 0 aromatic rings. The standard InChI is InChI=1S/C10H23NO4Si/c1-5-6-7-8-9(11(2)10(12)13)16(14-3)15-4/h9,16H,5-8H2,1-4H3,(H,12,13).